The van der Waals surface area contributed by atoms with Gasteiger partial charge in [0.25, 0.3) is 0 Å². The Morgan fingerprint density at radius 3 is 2.22 bits per heavy atom. The molecule has 0 saturated heterocycles. The summed E-state index contributed by atoms with van der Waals surface area (Å²) in [6.07, 6.45) is 0. The molecule has 1 heterocycles. The van der Waals surface area contributed by atoms with Crippen molar-refractivity contribution in [2.45, 2.75) is 27.7 Å². The monoisotopic (exact) mass is 302 g/mol. The summed E-state index contributed by atoms with van der Waals surface area (Å²) in [5.74, 6) is 0. The van der Waals surface area contributed by atoms with Crippen molar-refractivity contribution in [2.75, 3.05) is 0 Å². The molecule has 0 amide bonds. The molecule has 0 fully saturated rings. The molecule has 0 saturated carbocycles. The van der Waals surface area contributed by atoms with Crippen LogP contribution in [0.3, 0.4) is 0 Å². The van der Waals surface area contributed by atoms with Crippen molar-refractivity contribution in [3.05, 3.63) is 64.3 Å². The van der Waals surface area contributed by atoms with E-state index < -0.39 is 0 Å². The van der Waals surface area contributed by atoms with Gasteiger partial charge in [-0.1, -0.05) is 23.4 Å². The van der Waals surface area contributed by atoms with Crippen LogP contribution in [0.15, 0.2) is 36.4 Å². The van der Waals surface area contributed by atoms with Gasteiger partial charge in [0.15, 0.2) is 5.69 Å². The molecule has 0 unspecified atom stereocenters. The summed E-state index contributed by atoms with van der Waals surface area (Å²) >= 11 is 0. The lowest BCUT2D eigenvalue weighted by atomic mass is 10.0. The lowest BCUT2D eigenvalue weighted by Gasteiger charge is -2.10. The molecular formula is C19H18N4. The highest BCUT2D eigenvalue weighted by molar-refractivity contribution is 5.68. The molecule has 0 aliphatic heterocycles. The van der Waals surface area contributed by atoms with Gasteiger partial charge in [-0.05, 0) is 68.1 Å². The number of nitrogens with zero attached hydrogens (tertiary/aromatic N) is 4. The van der Waals surface area contributed by atoms with Crippen LogP contribution in [-0.2, 0) is 0 Å². The number of rotatable bonds is 2. The van der Waals surface area contributed by atoms with Crippen LogP contribution in [0.5, 0.6) is 0 Å². The van der Waals surface area contributed by atoms with Crippen molar-refractivity contribution in [3.8, 4) is 23.0 Å². The normalized spacial score (nSPS) is 10.6. The van der Waals surface area contributed by atoms with Crippen molar-refractivity contribution >= 4 is 0 Å². The van der Waals surface area contributed by atoms with E-state index in [-0.39, 0.29) is 0 Å². The van der Waals surface area contributed by atoms with Gasteiger partial charge in [-0.25, -0.2) is 4.68 Å². The SMILES string of the molecule is Cc1cc(C)cc(-n2nnc(C#N)c2-c2ccc(C)c(C)c2)c1. The standard InChI is InChI=1S/C19H18N4/c1-12-7-13(2)9-17(8-12)23-19(18(11-20)21-22-23)16-6-5-14(3)15(4)10-16/h5-10H,1-4H3. The maximum absolute atomic E-state index is 9.41. The summed E-state index contributed by atoms with van der Waals surface area (Å²) in [7, 11) is 0. The minimum Gasteiger partial charge on any atom is -0.211 e. The molecule has 0 atom stereocenters. The van der Waals surface area contributed by atoms with Crippen LogP contribution in [0.4, 0.5) is 0 Å². The fraction of sp³-hybridized carbons (Fsp3) is 0.211. The predicted molar refractivity (Wildman–Crippen MR) is 90.5 cm³/mol. The molecule has 2 aromatic carbocycles. The van der Waals surface area contributed by atoms with E-state index in [1.807, 2.05) is 32.0 Å². The van der Waals surface area contributed by atoms with Crippen molar-refractivity contribution < 1.29 is 0 Å². The molecule has 0 spiro atoms. The second kappa shape index (κ2) is 5.69. The number of aryl methyl sites for hydroxylation is 4. The molecule has 4 nitrogen and oxygen atoms in total. The van der Waals surface area contributed by atoms with Gasteiger partial charge >= 0.3 is 0 Å². The molecule has 0 aliphatic rings. The first-order valence-electron chi connectivity index (χ1n) is 7.51. The van der Waals surface area contributed by atoms with Crippen molar-refractivity contribution in [1.29, 1.82) is 5.26 Å². The zero-order valence-corrected chi connectivity index (χ0v) is 13.8. The van der Waals surface area contributed by atoms with Crippen LogP contribution in [-0.4, -0.2) is 15.0 Å². The number of hydrogen-bond acceptors (Lipinski definition) is 3. The Kier molecular flexibility index (Phi) is 3.71. The predicted octanol–water partition coefficient (Wildman–Crippen LogP) is 4.04. The third-order valence-electron chi connectivity index (χ3n) is 4.01. The zero-order chi connectivity index (χ0) is 16.6. The highest BCUT2D eigenvalue weighted by Gasteiger charge is 2.17. The first-order chi connectivity index (χ1) is 11.0. The van der Waals surface area contributed by atoms with Crippen molar-refractivity contribution in [1.82, 2.24) is 15.0 Å². The smallest absolute Gasteiger partial charge is 0.191 e. The van der Waals surface area contributed by atoms with E-state index in [0.29, 0.717) is 5.69 Å². The molecule has 3 rings (SSSR count). The van der Waals surface area contributed by atoms with Gasteiger partial charge in [0.2, 0.25) is 0 Å². The van der Waals surface area contributed by atoms with Gasteiger partial charge in [0, 0.05) is 5.56 Å². The molecule has 0 aliphatic carbocycles. The summed E-state index contributed by atoms with van der Waals surface area (Å²) in [6, 6.07) is 14.5. The molecule has 0 N–H and O–H groups in total. The molecule has 23 heavy (non-hydrogen) atoms. The lowest BCUT2D eigenvalue weighted by molar-refractivity contribution is 0.805. The lowest BCUT2D eigenvalue weighted by Crippen LogP contribution is -2.01. The minimum absolute atomic E-state index is 0.340. The molecule has 1 aromatic heterocycles. The third-order valence-corrected chi connectivity index (χ3v) is 4.01. The Morgan fingerprint density at radius 2 is 1.61 bits per heavy atom. The Morgan fingerprint density at radius 1 is 0.913 bits per heavy atom. The number of nitriles is 1. The van der Waals surface area contributed by atoms with Gasteiger partial charge in [0.05, 0.1) is 5.69 Å². The Labute approximate surface area is 136 Å². The summed E-state index contributed by atoms with van der Waals surface area (Å²) in [5, 5.41) is 17.7. The van der Waals surface area contributed by atoms with E-state index in [1.54, 1.807) is 4.68 Å². The summed E-state index contributed by atoms with van der Waals surface area (Å²) < 4.78 is 1.75. The average molecular weight is 302 g/mol. The van der Waals surface area contributed by atoms with Crippen LogP contribution in [0.2, 0.25) is 0 Å². The van der Waals surface area contributed by atoms with Gasteiger partial charge in [-0.15, -0.1) is 5.10 Å². The van der Waals surface area contributed by atoms with E-state index in [1.165, 1.54) is 11.1 Å². The topological polar surface area (TPSA) is 54.5 Å². The zero-order valence-electron chi connectivity index (χ0n) is 13.8. The van der Waals surface area contributed by atoms with Crippen LogP contribution >= 0.6 is 0 Å². The minimum atomic E-state index is 0.340. The molecule has 114 valence electrons. The summed E-state index contributed by atoms with van der Waals surface area (Å²) in [4.78, 5) is 0. The number of hydrogen-bond donors (Lipinski definition) is 0. The highest BCUT2D eigenvalue weighted by atomic mass is 15.4. The van der Waals surface area contributed by atoms with Crippen LogP contribution < -0.4 is 0 Å². The fourth-order valence-electron chi connectivity index (χ4n) is 2.76. The molecule has 3 aromatic rings. The van der Waals surface area contributed by atoms with Gasteiger partial charge in [-0.2, -0.15) is 5.26 Å². The first-order valence-corrected chi connectivity index (χ1v) is 7.51. The molecule has 0 radical (unpaired) electrons. The Bertz CT molecular complexity index is 909. The molecular weight excluding hydrogens is 284 g/mol. The second-order valence-corrected chi connectivity index (χ2v) is 5.96. The van der Waals surface area contributed by atoms with Gasteiger partial charge < -0.3 is 0 Å². The average Bonchev–Trinajstić information content (AvgIpc) is 2.93. The van der Waals surface area contributed by atoms with E-state index in [0.717, 1.165) is 28.1 Å². The quantitative estimate of drug-likeness (QED) is 0.718. The fourth-order valence-corrected chi connectivity index (χ4v) is 2.76. The van der Waals surface area contributed by atoms with E-state index in [4.69, 9.17) is 0 Å². The van der Waals surface area contributed by atoms with Gasteiger partial charge in [0.1, 0.15) is 11.8 Å². The molecule has 0 bridgehead atoms. The Hall–Kier alpha value is -2.93. The molecule has 4 heteroatoms. The van der Waals surface area contributed by atoms with E-state index in [9.17, 15) is 5.26 Å². The van der Waals surface area contributed by atoms with Crippen molar-refractivity contribution in [2.24, 2.45) is 0 Å². The maximum Gasteiger partial charge on any atom is 0.191 e. The number of benzene rings is 2. The first kappa shape index (κ1) is 15.0. The van der Waals surface area contributed by atoms with E-state index in [2.05, 4.69) is 48.4 Å². The third kappa shape index (κ3) is 2.74. The largest absolute Gasteiger partial charge is 0.211 e. The van der Waals surface area contributed by atoms with E-state index >= 15 is 0 Å². The van der Waals surface area contributed by atoms with Crippen LogP contribution in [0, 0.1) is 39.0 Å². The van der Waals surface area contributed by atoms with Crippen LogP contribution in [0.25, 0.3) is 16.9 Å². The van der Waals surface area contributed by atoms with Gasteiger partial charge in [-0.3, -0.25) is 0 Å². The Balaban J connectivity index is 2.26. The second-order valence-electron chi connectivity index (χ2n) is 5.96. The maximum atomic E-state index is 9.41. The van der Waals surface area contributed by atoms with Crippen LogP contribution in [0.1, 0.15) is 27.9 Å². The summed E-state index contributed by atoms with van der Waals surface area (Å²) in [5.41, 5.74) is 7.66. The van der Waals surface area contributed by atoms with Crippen molar-refractivity contribution in [3.63, 3.8) is 0 Å². The highest BCUT2D eigenvalue weighted by Crippen LogP contribution is 2.27. The summed E-state index contributed by atoms with van der Waals surface area (Å²) in [6.45, 7) is 8.24. The number of aromatic nitrogens is 3.